The number of allylic oxidation sites excluding steroid dienone is 3. The molecule has 0 aliphatic rings. The molecule has 0 aromatic heterocycles. The molecule has 0 aromatic carbocycles. The smallest absolute Gasteiger partial charge is 0.114 e. The number of rotatable bonds is 16. The van der Waals surface area contributed by atoms with Crippen LogP contribution in [0.25, 0.3) is 0 Å². The lowest BCUT2D eigenvalue weighted by Gasteiger charge is -2.18. The quantitative estimate of drug-likeness (QED) is 0.186. The van der Waals surface area contributed by atoms with E-state index in [9.17, 15) is 0 Å². The molecular formula is C24H49NO2. The van der Waals surface area contributed by atoms with E-state index in [1.807, 2.05) is 32.1 Å². The molecular weight excluding hydrogens is 334 g/mol. The number of aliphatic hydroxyl groups excluding tert-OH is 1. The third-order valence-corrected chi connectivity index (χ3v) is 4.76. The summed E-state index contributed by atoms with van der Waals surface area (Å²) < 4.78 is 5.76. The van der Waals surface area contributed by atoms with Crippen LogP contribution in [0.4, 0.5) is 0 Å². The van der Waals surface area contributed by atoms with Gasteiger partial charge in [-0.25, -0.2) is 0 Å². The molecule has 3 heteroatoms. The fourth-order valence-corrected chi connectivity index (χ4v) is 2.87. The summed E-state index contributed by atoms with van der Waals surface area (Å²) >= 11 is 0. The third kappa shape index (κ3) is 19.8. The van der Waals surface area contributed by atoms with Gasteiger partial charge in [0.25, 0.3) is 0 Å². The van der Waals surface area contributed by atoms with Gasteiger partial charge in [0.05, 0.1) is 6.61 Å². The largest absolute Gasteiger partial charge is 0.494 e. The molecule has 0 heterocycles. The molecule has 162 valence electrons. The van der Waals surface area contributed by atoms with Gasteiger partial charge >= 0.3 is 0 Å². The highest BCUT2D eigenvalue weighted by atomic mass is 16.5. The van der Waals surface area contributed by atoms with Crippen molar-refractivity contribution in [3.63, 3.8) is 0 Å². The van der Waals surface area contributed by atoms with Crippen LogP contribution in [0.3, 0.4) is 0 Å². The van der Waals surface area contributed by atoms with E-state index in [-0.39, 0.29) is 0 Å². The highest BCUT2D eigenvalue weighted by Crippen LogP contribution is 2.14. The standard InChI is InChI=1S/C14H26O.C10H23NO/c1-5-9-11-13(7-3)12-15-14(8-4)10-6-2;1-3-8-11(4-2)9-6-5-7-10-12/h6,8,10,13H,5,7,9,11-12H2,1-4H3;12H,3-10H2,1-2H3/b10-6-,14-8+;. The summed E-state index contributed by atoms with van der Waals surface area (Å²) in [6.45, 7) is 17.7. The zero-order valence-electron chi connectivity index (χ0n) is 19.3. The van der Waals surface area contributed by atoms with Crippen molar-refractivity contribution in [3.8, 4) is 0 Å². The number of nitrogens with zero attached hydrogens (tertiary/aromatic N) is 1. The first-order valence-electron chi connectivity index (χ1n) is 11.4. The predicted molar refractivity (Wildman–Crippen MR) is 121 cm³/mol. The van der Waals surface area contributed by atoms with Crippen molar-refractivity contribution in [3.05, 3.63) is 24.0 Å². The lowest BCUT2D eigenvalue weighted by atomic mass is 10.0. The van der Waals surface area contributed by atoms with Crippen LogP contribution >= 0.6 is 0 Å². The second kappa shape index (κ2) is 23.2. The monoisotopic (exact) mass is 383 g/mol. The van der Waals surface area contributed by atoms with Crippen molar-refractivity contribution in [2.45, 2.75) is 92.9 Å². The zero-order valence-corrected chi connectivity index (χ0v) is 19.3. The molecule has 0 saturated carbocycles. The lowest BCUT2D eigenvalue weighted by molar-refractivity contribution is 0.164. The minimum absolute atomic E-state index is 0.347. The van der Waals surface area contributed by atoms with Gasteiger partial charge in [0.2, 0.25) is 0 Å². The zero-order chi connectivity index (χ0) is 20.8. The Bertz CT molecular complexity index is 339. The summed E-state index contributed by atoms with van der Waals surface area (Å²) in [6, 6.07) is 0. The van der Waals surface area contributed by atoms with Gasteiger partial charge in [-0.3, -0.25) is 0 Å². The Hall–Kier alpha value is -0.800. The Balaban J connectivity index is 0. The maximum Gasteiger partial charge on any atom is 0.114 e. The highest BCUT2D eigenvalue weighted by Gasteiger charge is 2.06. The van der Waals surface area contributed by atoms with Crippen LogP contribution in [0.15, 0.2) is 24.0 Å². The van der Waals surface area contributed by atoms with E-state index >= 15 is 0 Å². The van der Waals surface area contributed by atoms with Crippen molar-refractivity contribution in [2.75, 3.05) is 32.8 Å². The van der Waals surface area contributed by atoms with E-state index in [1.165, 1.54) is 51.6 Å². The summed E-state index contributed by atoms with van der Waals surface area (Å²) in [5.74, 6) is 1.71. The lowest BCUT2D eigenvalue weighted by Crippen LogP contribution is -2.25. The van der Waals surface area contributed by atoms with Crippen molar-refractivity contribution < 1.29 is 9.84 Å². The Morgan fingerprint density at radius 2 is 1.70 bits per heavy atom. The molecule has 27 heavy (non-hydrogen) atoms. The summed E-state index contributed by atoms with van der Waals surface area (Å²) in [4.78, 5) is 2.47. The van der Waals surface area contributed by atoms with Crippen LogP contribution in [-0.4, -0.2) is 42.9 Å². The average Bonchev–Trinajstić information content (AvgIpc) is 2.70. The minimum Gasteiger partial charge on any atom is -0.494 e. The number of hydrogen-bond acceptors (Lipinski definition) is 3. The van der Waals surface area contributed by atoms with Crippen LogP contribution in [0.5, 0.6) is 0 Å². The molecule has 0 amide bonds. The van der Waals surface area contributed by atoms with Crippen LogP contribution in [-0.2, 0) is 4.74 Å². The highest BCUT2D eigenvalue weighted by molar-refractivity contribution is 5.09. The summed E-state index contributed by atoms with van der Waals surface area (Å²) in [7, 11) is 0. The Kier molecular flexibility index (Phi) is 24.5. The molecule has 1 N–H and O–H groups in total. The molecule has 0 fully saturated rings. The van der Waals surface area contributed by atoms with E-state index in [4.69, 9.17) is 9.84 Å². The molecule has 1 unspecified atom stereocenters. The number of ether oxygens (including phenoxy) is 1. The van der Waals surface area contributed by atoms with Gasteiger partial charge in [-0.05, 0) is 83.7 Å². The van der Waals surface area contributed by atoms with Gasteiger partial charge in [0.1, 0.15) is 5.76 Å². The van der Waals surface area contributed by atoms with Gasteiger partial charge < -0.3 is 14.7 Å². The van der Waals surface area contributed by atoms with Crippen molar-refractivity contribution in [2.24, 2.45) is 5.92 Å². The van der Waals surface area contributed by atoms with Crippen LogP contribution in [0.2, 0.25) is 0 Å². The molecule has 0 saturated heterocycles. The molecule has 1 atom stereocenters. The normalized spacial score (nSPS) is 13.0. The van der Waals surface area contributed by atoms with Crippen molar-refractivity contribution in [1.29, 1.82) is 0 Å². The fourth-order valence-electron chi connectivity index (χ4n) is 2.87. The molecule has 0 radical (unpaired) electrons. The van der Waals surface area contributed by atoms with E-state index < -0.39 is 0 Å². The van der Waals surface area contributed by atoms with E-state index in [0.29, 0.717) is 12.5 Å². The maximum atomic E-state index is 8.58. The molecule has 0 spiro atoms. The maximum absolute atomic E-state index is 8.58. The first kappa shape index (κ1) is 28.4. The molecule has 0 rings (SSSR count). The predicted octanol–water partition coefficient (Wildman–Crippen LogP) is 6.58. The van der Waals surface area contributed by atoms with Crippen LogP contribution in [0, 0.1) is 5.92 Å². The molecule has 0 aliphatic heterocycles. The molecule has 3 nitrogen and oxygen atoms in total. The number of aliphatic hydroxyl groups is 1. The summed E-state index contributed by atoms with van der Waals surface area (Å²) in [6.07, 6.45) is 15.8. The summed E-state index contributed by atoms with van der Waals surface area (Å²) in [5, 5.41) is 8.58. The SMILES string of the molecule is C/C=C\C(=C/C)OCC(CC)CCCC.CCCN(CC)CCCCCO. The Morgan fingerprint density at radius 1 is 0.963 bits per heavy atom. The fraction of sp³-hybridized carbons (Fsp3) is 0.833. The number of hydrogen-bond donors (Lipinski definition) is 1. The van der Waals surface area contributed by atoms with Crippen molar-refractivity contribution >= 4 is 0 Å². The van der Waals surface area contributed by atoms with E-state index in [1.54, 1.807) is 0 Å². The average molecular weight is 384 g/mol. The second-order valence-electron chi connectivity index (χ2n) is 7.14. The van der Waals surface area contributed by atoms with Gasteiger partial charge in [-0.2, -0.15) is 0 Å². The first-order chi connectivity index (χ1) is 13.1. The minimum atomic E-state index is 0.347. The summed E-state index contributed by atoms with van der Waals surface area (Å²) in [5.41, 5.74) is 0. The van der Waals surface area contributed by atoms with Crippen molar-refractivity contribution in [1.82, 2.24) is 4.90 Å². The number of unbranched alkanes of at least 4 members (excludes halogenated alkanes) is 3. The van der Waals surface area contributed by atoms with Crippen LogP contribution < -0.4 is 0 Å². The topological polar surface area (TPSA) is 32.7 Å². The van der Waals surface area contributed by atoms with Gasteiger partial charge in [0, 0.05) is 6.61 Å². The van der Waals surface area contributed by atoms with Gasteiger partial charge in [-0.15, -0.1) is 0 Å². The second-order valence-corrected chi connectivity index (χ2v) is 7.14. The first-order valence-corrected chi connectivity index (χ1v) is 11.4. The molecule has 0 aliphatic carbocycles. The van der Waals surface area contributed by atoms with Gasteiger partial charge in [-0.1, -0.05) is 53.0 Å². The van der Waals surface area contributed by atoms with Crippen LogP contribution in [0.1, 0.15) is 92.9 Å². The Morgan fingerprint density at radius 3 is 2.19 bits per heavy atom. The van der Waals surface area contributed by atoms with Gasteiger partial charge in [0.15, 0.2) is 0 Å². The Labute approximate surface area is 170 Å². The molecule has 0 aromatic rings. The van der Waals surface area contributed by atoms with E-state index in [0.717, 1.165) is 31.8 Å². The third-order valence-electron chi connectivity index (χ3n) is 4.76. The van der Waals surface area contributed by atoms with E-state index in [2.05, 4.69) is 32.6 Å². The molecule has 0 bridgehead atoms.